The van der Waals surface area contributed by atoms with Gasteiger partial charge in [-0.2, -0.15) is 0 Å². The Morgan fingerprint density at radius 1 is 0.765 bits per heavy atom. The Bertz CT molecular complexity index is 1260. The summed E-state index contributed by atoms with van der Waals surface area (Å²) in [5.41, 5.74) is 3.21. The van der Waals surface area contributed by atoms with Crippen molar-refractivity contribution in [3.8, 4) is 5.75 Å². The van der Waals surface area contributed by atoms with E-state index in [0.29, 0.717) is 17.0 Å². The van der Waals surface area contributed by atoms with Crippen LogP contribution in [0.5, 0.6) is 5.75 Å². The maximum absolute atomic E-state index is 13.0. The van der Waals surface area contributed by atoms with Gasteiger partial charge in [-0.15, -0.1) is 0 Å². The molecule has 3 aromatic carbocycles. The fourth-order valence-corrected chi connectivity index (χ4v) is 5.58. The maximum atomic E-state index is 13.0. The summed E-state index contributed by atoms with van der Waals surface area (Å²) in [4.78, 5) is 39.9. The predicted molar refractivity (Wildman–Crippen MR) is 127 cm³/mol. The number of rotatable bonds is 5. The smallest absolute Gasteiger partial charge is 0.343 e. The molecule has 168 valence electrons. The molecule has 1 saturated heterocycles. The lowest BCUT2D eigenvalue weighted by molar-refractivity contribution is -0.123. The summed E-state index contributed by atoms with van der Waals surface area (Å²) < 4.78 is 5.52. The first-order valence-corrected chi connectivity index (χ1v) is 11.6. The molecular formula is C29H23NO4. The van der Waals surface area contributed by atoms with Crippen molar-refractivity contribution in [2.24, 2.45) is 23.7 Å². The van der Waals surface area contributed by atoms with E-state index in [2.05, 4.69) is 24.3 Å². The van der Waals surface area contributed by atoms with Crippen molar-refractivity contribution in [3.05, 3.63) is 108 Å². The lowest BCUT2D eigenvalue weighted by atomic mass is 9.85. The van der Waals surface area contributed by atoms with Gasteiger partial charge in [-0.05, 0) is 72.2 Å². The number of imide groups is 1. The molecule has 0 N–H and O–H groups in total. The van der Waals surface area contributed by atoms with Gasteiger partial charge in [0.05, 0.1) is 23.1 Å². The number of allylic oxidation sites excluding steroid dienone is 2. The summed E-state index contributed by atoms with van der Waals surface area (Å²) in [6.45, 7) is 0. The fraction of sp³-hybridized carbons (Fsp3) is 0.207. The van der Waals surface area contributed by atoms with E-state index in [9.17, 15) is 14.4 Å². The van der Waals surface area contributed by atoms with Crippen LogP contribution >= 0.6 is 0 Å². The van der Waals surface area contributed by atoms with Gasteiger partial charge in [0.1, 0.15) is 5.75 Å². The Morgan fingerprint density at radius 2 is 1.35 bits per heavy atom. The highest BCUT2D eigenvalue weighted by molar-refractivity contribution is 6.22. The second kappa shape index (κ2) is 8.10. The normalized spacial score (nSPS) is 24.5. The van der Waals surface area contributed by atoms with E-state index >= 15 is 0 Å². The van der Waals surface area contributed by atoms with E-state index in [0.717, 1.165) is 18.4 Å². The van der Waals surface area contributed by atoms with Crippen molar-refractivity contribution in [2.75, 3.05) is 4.90 Å². The van der Waals surface area contributed by atoms with Crippen molar-refractivity contribution >= 4 is 23.5 Å². The van der Waals surface area contributed by atoms with Gasteiger partial charge in [-0.25, -0.2) is 4.79 Å². The van der Waals surface area contributed by atoms with Gasteiger partial charge in [-0.3, -0.25) is 14.5 Å². The van der Waals surface area contributed by atoms with Crippen molar-refractivity contribution in [1.29, 1.82) is 0 Å². The van der Waals surface area contributed by atoms with Crippen LogP contribution in [0, 0.1) is 23.7 Å². The molecule has 4 atom stereocenters. The van der Waals surface area contributed by atoms with Crippen LogP contribution in [-0.4, -0.2) is 17.8 Å². The van der Waals surface area contributed by atoms with Gasteiger partial charge in [-0.1, -0.05) is 54.6 Å². The first-order chi connectivity index (χ1) is 16.6. The van der Waals surface area contributed by atoms with Crippen LogP contribution in [0.1, 0.15) is 27.9 Å². The highest BCUT2D eigenvalue weighted by Crippen LogP contribution is 2.53. The van der Waals surface area contributed by atoms with Crippen LogP contribution in [0.2, 0.25) is 0 Å². The third-order valence-electron chi connectivity index (χ3n) is 7.22. The van der Waals surface area contributed by atoms with E-state index in [1.54, 1.807) is 36.4 Å². The first kappa shape index (κ1) is 20.6. The third kappa shape index (κ3) is 3.45. The molecule has 0 spiro atoms. The molecule has 6 rings (SSSR count). The van der Waals surface area contributed by atoms with Gasteiger partial charge in [0, 0.05) is 0 Å². The number of ether oxygens (including phenoxy) is 1. The highest BCUT2D eigenvalue weighted by atomic mass is 16.5. The number of amides is 2. The Morgan fingerprint density at radius 3 is 1.97 bits per heavy atom. The molecule has 1 heterocycles. The molecule has 3 aromatic rings. The zero-order chi connectivity index (χ0) is 23.2. The molecule has 5 nitrogen and oxygen atoms in total. The molecule has 1 saturated carbocycles. The minimum absolute atomic E-state index is 0.127. The Hall–Kier alpha value is -3.99. The third-order valence-corrected chi connectivity index (χ3v) is 7.22. The van der Waals surface area contributed by atoms with Gasteiger partial charge in [0.25, 0.3) is 0 Å². The van der Waals surface area contributed by atoms with Crippen molar-refractivity contribution in [2.45, 2.75) is 12.8 Å². The number of hydrogen-bond donors (Lipinski definition) is 0. The molecule has 3 aliphatic rings. The number of hydrogen-bond acceptors (Lipinski definition) is 4. The van der Waals surface area contributed by atoms with Gasteiger partial charge in [0.2, 0.25) is 11.8 Å². The molecule has 34 heavy (non-hydrogen) atoms. The number of carbonyl (C=O) groups is 3. The first-order valence-electron chi connectivity index (χ1n) is 11.6. The number of benzene rings is 3. The number of fused-ring (bicyclic) bond motifs is 5. The van der Waals surface area contributed by atoms with E-state index in [4.69, 9.17) is 4.74 Å². The number of carbonyl (C=O) groups excluding carboxylic acids is 3. The quantitative estimate of drug-likeness (QED) is 0.243. The van der Waals surface area contributed by atoms with Gasteiger partial charge in [0.15, 0.2) is 0 Å². The molecule has 1 aliphatic heterocycles. The topological polar surface area (TPSA) is 63.7 Å². The van der Waals surface area contributed by atoms with E-state index < -0.39 is 5.97 Å². The molecule has 2 aliphatic carbocycles. The Kier molecular flexibility index (Phi) is 4.91. The molecule has 2 amide bonds. The minimum Gasteiger partial charge on any atom is -0.423 e. The van der Waals surface area contributed by atoms with Crippen LogP contribution < -0.4 is 9.64 Å². The highest BCUT2D eigenvalue weighted by Gasteiger charge is 2.59. The average Bonchev–Trinajstić information content (AvgIpc) is 3.55. The van der Waals surface area contributed by atoms with E-state index in [-0.39, 0.29) is 35.5 Å². The van der Waals surface area contributed by atoms with E-state index in [1.807, 2.05) is 30.3 Å². The maximum Gasteiger partial charge on any atom is 0.343 e. The molecule has 5 heteroatoms. The average molecular weight is 450 g/mol. The zero-order valence-corrected chi connectivity index (χ0v) is 18.5. The standard InChI is InChI=1S/C29H23NO4/c31-27-25-21-8-9-22(17-21)26(25)28(32)30(27)23-12-10-20(11-13-23)29(33)34-24-14-6-19(7-15-24)16-18-4-2-1-3-5-18/h1-15,21-22,25-26H,16-17H2/t21-,22-,25-,26-/m0/s1. The molecule has 2 fully saturated rings. The van der Waals surface area contributed by atoms with Gasteiger partial charge < -0.3 is 4.74 Å². The number of anilines is 1. The van der Waals surface area contributed by atoms with Crippen LogP contribution in [0.15, 0.2) is 91.0 Å². The molecule has 0 unspecified atom stereocenters. The van der Waals surface area contributed by atoms with Crippen LogP contribution in [0.4, 0.5) is 5.69 Å². The van der Waals surface area contributed by atoms with E-state index in [1.165, 1.54) is 10.5 Å². The van der Waals surface area contributed by atoms with Crippen molar-refractivity contribution in [3.63, 3.8) is 0 Å². The van der Waals surface area contributed by atoms with Gasteiger partial charge >= 0.3 is 5.97 Å². The van der Waals surface area contributed by atoms with Crippen LogP contribution in [0.3, 0.4) is 0 Å². The molecule has 2 bridgehead atoms. The Balaban J connectivity index is 1.12. The summed E-state index contributed by atoms with van der Waals surface area (Å²) in [6, 6.07) is 24.1. The summed E-state index contributed by atoms with van der Waals surface area (Å²) in [7, 11) is 0. The SMILES string of the molecule is O=C(Oc1ccc(Cc2ccccc2)cc1)c1ccc(N2C(=O)[C@@H]3[C@@H](C2=O)[C@H]2C=C[C@H]3C2)cc1. The summed E-state index contributed by atoms with van der Waals surface area (Å²) in [6.07, 6.45) is 5.87. The van der Waals surface area contributed by atoms with Crippen LogP contribution in [-0.2, 0) is 16.0 Å². The summed E-state index contributed by atoms with van der Waals surface area (Å²) in [5.74, 6) is -0.411. The number of nitrogens with zero attached hydrogens (tertiary/aromatic N) is 1. The predicted octanol–water partition coefficient (Wildman–Crippen LogP) is 4.81. The summed E-state index contributed by atoms with van der Waals surface area (Å²) >= 11 is 0. The molecular weight excluding hydrogens is 426 g/mol. The largest absolute Gasteiger partial charge is 0.423 e. The molecule has 0 aromatic heterocycles. The second-order valence-electron chi connectivity index (χ2n) is 9.25. The van der Waals surface area contributed by atoms with Crippen molar-refractivity contribution in [1.82, 2.24) is 0 Å². The zero-order valence-electron chi connectivity index (χ0n) is 18.5. The van der Waals surface area contributed by atoms with Crippen molar-refractivity contribution < 1.29 is 19.1 Å². The molecule has 0 radical (unpaired) electrons. The summed E-state index contributed by atoms with van der Waals surface area (Å²) in [5, 5.41) is 0. The lowest BCUT2D eigenvalue weighted by Crippen LogP contribution is -2.32. The second-order valence-corrected chi connectivity index (χ2v) is 9.25. The Labute approximate surface area is 197 Å². The monoisotopic (exact) mass is 449 g/mol. The minimum atomic E-state index is -0.486. The fourth-order valence-electron chi connectivity index (χ4n) is 5.58. The van der Waals surface area contributed by atoms with Crippen LogP contribution in [0.25, 0.3) is 0 Å². The number of esters is 1. The lowest BCUT2D eigenvalue weighted by Gasteiger charge is -2.17.